The summed E-state index contributed by atoms with van der Waals surface area (Å²) in [6.45, 7) is 5.46. The van der Waals surface area contributed by atoms with Crippen LogP contribution in [0.2, 0.25) is 0 Å². The maximum absolute atomic E-state index is 5.50. The molecule has 0 amide bonds. The minimum absolute atomic E-state index is 0.350. The highest BCUT2D eigenvalue weighted by Crippen LogP contribution is 2.31. The lowest BCUT2D eigenvalue weighted by atomic mass is 9.78. The fraction of sp³-hybridized carbons (Fsp3) is 0.538. The van der Waals surface area contributed by atoms with Gasteiger partial charge in [-0.15, -0.1) is 0 Å². The van der Waals surface area contributed by atoms with Crippen molar-refractivity contribution in [2.45, 2.75) is 33.1 Å². The number of hydrogen-bond donors (Lipinski definition) is 0. The Morgan fingerprint density at radius 1 is 1.13 bits per heavy atom. The Hall–Kier alpha value is -0.603. The van der Waals surface area contributed by atoms with Gasteiger partial charge in [-0.2, -0.15) is 0 Å². The van der Waals surface area contributed by atoms with Gasteiger partial charge in [0.2, 0.25) is 0 Å². The Bertz CT molecular complexity index is 267. The molecule has 0 unspecified atom stereocenters. The van der Waals surface area contributed by atoms with Crippen molar-refractivity contribution in [1.82, 2.24) is 0 Å². The summed E-state index contributed by atoms with van der Waals surface area (Å²) in [5, 5.41) is 0. The minimum atomic E-state index is 0.350. The maximum atomic E-state index is 5.50. The average Bonchev–Trinajstić information content (AvgIpc) is 2.30. The predicted octanol–water partition coefficient (Wildman–Crippen LogP) is 2.33. The van der Waals surface area contributed by atoms with Crippen molar-refractivity contribution in [3.05, 3.63) is 35.9 Å². The van der Waals surface area contributed by atoms with Crippen LogP contribution in [0.25, 0.3) is 0 Å². The molecule has 1 aromatic carbocycles. The van der Waals surface area contributed by atoms with Gasteiger partial charge < -0.3 is 4.43 Å². The molecule has 0 radical (unpaired) electrons. The van der Waals surface area contributed by atoms with Crippen LogP contribution in [0, 0.1) is 5.41 Å². The Morgan fingerprint density at radius 2 is 1.73 bits per heavy atom. The predicted molar refractivity (Wildman–Crippen MR) is 69.1 cm³/mol. The van der Waals surface area contributed by atoms with E-state index < -0.39 is 0 Å². The van der Waals surface area contributed by atoms with Crippen LogP contribution in [0.15, 0.2) is 30.3 Å². The Kier molecular flexibility index (Phi) is 5.06. The standard InChI is InChI=1S/C13H22OSi/c1-3-13(4-2,11-14-15)10-12-8-6-5-7-9-12/h5-9H,3-4,10-11H2,1-2,15H3. The van der Waals surface area contributed by atoms with Crippen molar-refractivity contribution in [1.29, 1.82) is 0 Å². The molecule has 0 saturated heterocycles. The van der Waals surface area contributed by atoms with E-state index in [1.807, 2.05) is 0 Å². The van der Waals surface area contributed by atoms with Crippen molar-refractivity contribution in [2.24, 2.45) is 5.41 Å². The monoisotopic (exact) mass is 222 g/mol. The summed E-state index contributed by atoms with van der Waals surface area (Å²) in [6.07, 6.45) is 3.53. The van der Waals surface area contributed by atoms with Crippen molar-refractivity contribution in [3.63, 3.8) is 0 Å². The van der Waals surface area contributed by atoms with Gasteiger partial charge in [-0.3, -0.25) is 0 Å². The second-order valence-electron chi connectivity index (χ2n) is 4.30. The summed E-state index contributed by atoms with van der Waals surface area (Å²) >= 11 is 0. The summed E-state index contributed by atoms with van der Waals surface area (Å²) in [5.74, 6) is 0. The molecule has 1 aromatic rings. The number of benzene rings is 1. The normalized spacial score (nSPS) is 11.9. The molecular weight excluding hydrogens is 200 g/mol. The SMILES string of the molecule is CCC(CC)(CO[SiH3])Cc1ccccc1. The largest absolute Gasteiger partial charge is 0.427 e. The highest BCUT2D eigenvalue weighted by atomic mass is 28.2. The zero-order valence-electron chi connectivity index (χ0n) is 10.1. The highest BCUT2D eigenvalue weighted by molar-refractivity contribution is 5.97. The van der Waals surface area contributed by atoms with E-state index in [2.05, 4.69) is 44.2 Å². The van der Waals surface area contributed by atoms with Crippen LogP contribution in [-0.2, 0) is 10.8 Å². The molecule has 0 N–H and O–H groups in total. The summed E-state index contributed by atoms with van der Waals surface area (Å²) in [5.41, 5.74) is 1.78. The molecule has 0 aromatic heterocycles. The lowest BCUT2D eigenvalue weighted by Gasteiger charge is -2.31. The van der Waals surface area contributed by atoms with Gasteiger partial charge >= 0.3 is 0 Å². The molecule has 0 aliphatic rings. The molecule has 0 aliphatic carbocycles. The van der Waals surface area contributed by atoms with Crippen molar-refractivity contribution >= 4 is 10.5 Å². The van der Waals surface area contributed by atoms with Crippen molar-refractivity contribution in [3.8, 4) is 0 Å². The van der Waals surface area contributed by atoms with Crippen LogP contribution < -0.4 is 0 Å². The van der Waals surface area contributed by atoms with Crippen LogP contribution >= 0.6 is 0 Å². The maximum Gasteiger partial charge on any atom is 0.145 e. The average molecular weight is 222 g/mol. The first-order chi connectivity index (χ1) is 7.26. The van der Waals surface area contributed by atoms with E-state index in [-0.39, 0.29) is 0 Å². The van der Waals surface area contributed by atoms with E-state index in [0.717, 1.165) is 23.5 Å². The van der Waals surface area contributed by atoms with Gasteiger partial charge in [0, 0.05) is 6.61 Å². The first-order valence-electron chi connectivity index (χ1n) is 5.79. The van der Waals surface area contributed by atoms with E-state index >= 15 is 0 Å². The van der Waals surface area contributed by atoms with Gasteiger partial charge in [-0.1, -0.05) is 44.2 Å². The lowest BCUT2D eigenvalue weighted by Crippen LogP contribution is -2.27. The van der Waals surface area contributed by atoms with Gasteiger partial charge in [0.25, 0.3) is 0 Å². The third kappa shape index (κ3) is 3.47. The molecule has 84 valence electrons. The Balaban J connectivity index is 2.74. The summed E-state index contributed by atoms with van der Waals surface area (Å²) in [6, 6.07) is 10.7. The molecule has 0 spiro atoms. The molecule has 0 saturated carbocycles. The topological polar surface area (TPSA) is 9.23 Å². The molecule has 0 atom stereocenters. The summed E-state index contributed by atoms with van der Waals surface area (Å²) < 4.78 is 5.50. The quantitative estimate of drug-likeness (QED) is 0.671. The number of hydrogen-bond acceptors (Lipinski definition) is 1. The highest BCUT2D eigenvalue weighted by Gasteiger charge is 2.25. The Morgan fingerprint density at radius 3 is 2.20 bits per heavy atom. The van der Waals surface area contributed by atoms with E-state index in [9.17, 15) is 0 Å². The van der Waals surface area contributed by atoms with Gasteiger partial charge in [-0.05, 0) is 30.2 Å². The van der Waals surface area contributed by atoms with Gasteiger partial charge in [0.1, 0.15) is 10.5 Å². The molecule has 2 heteroatoms. The molecule has 15 heavy (non-hydrogen) atoms. The van der Waals surface area contributed by atoms with Crippen molar-refractivity contribution < 1.29 is 4.43 Å². The number of rotatable bonds is 6. The molecule has 0 bridgehead atoms. The van der Waals surface area contributed by atoms with Gasteiger partial charge in [-0.25, -0.2) is 0 Å². The minimum Gasteiger partial charge on any atom is -0.427 e. The fourth-order valence-electron chi connectivity index (χ4n) is 2.09. The zero-order valence-corrected chi connectivity index (χ0v) is 12.1. The fourth-order valence-corrected chi connectivity index (χ4v) is 2.70. The van der Waals surface area contributed by atoms with E-state index in [0.29, 0.717) is 5.41 Å². The van der Waals surface area contributed by atoms with Crippen LogP contribution in [0.4, 0.5) is 0 Å². The smallest absolute Gasteiger partial charge is 0.145 e. The van der Waals surface area contributed by atoms with Crippen LogP contribution in [-0.4, -0.2) is 17.1 Å². The van der Waals surface area contributed by atoms with Crippen molar-refractivity contribution in [2.75, 3.05) is 6.61 Å². The second-order valence-corrected chi connectivity index (χ2v) is 4.88. The molecular formula is C13H22OSi. The lowest BCUT2D eigenvalue weighted by molar-refractivity contribution is 0.141. The van der Waals surface area contributed by atoms with Crippen LogP contribution in [0.3, 0.4) is 0 Å². The third-order valence-electron chi connectivity index (χ3n) is 3.37. The van der Waals surface area contributed by atoms with Crippen LogP contribution in [0.1, 0.15) is 32.3 Å². The molecule has 1 rings (SSSR count). The summed E-state index contributed by atoms with van der Waals surface area (Å²) in [7, 11) is 0.846. The summed E-state index contributed by atoms with van der Waals surface area (Å²) in [4.78, 5) is 0. The molecule has 0 fully saturated rings. The van der Waals surface area contributed by atoms with E-state index in [1.54, 1.807) is 0 Å². The second kappa shape index (κ2) is 6.08. The molecule has 0 heterocycles. The molecule has 0 aliphatic heterocycles. The van der Waals surface area contributed by atoms with E-state index in [4.69, 9.17) is 4.43 Å². The Labute approximate surface area is 96.4 Å². The van der Waals surface area contributed by atoms with Gasteiger partial charge in [0.05, 0.1) is 0 Å². The third-order valence-corrected chi connectivity index (χ3v) is 3.66. The zero-order chi connectivity index (χ0) is 11.1. The van der Waals surface area contributed by atoms with Gasteiger partial charge in [0.15, 0.2) is 0 Å². The first-order valence-corrected chi connectivity index (χ1v) is 6.61. The van der Waals surface area contributed by atoms with E-state index in [1.165, 1.54) is 18.4 Å². The van der Waals surface area contributed by atoms with Crippen LogP contribution in [0.5, 0.6) is 0 Å². The first kappa shape index (κ1) is 12.5. The molecule has 1 nitrogen and oxygen atoms in total.